The van der Waals surface area contributed by atoms with Gasteiger partial charge in [0.2, 0.25) is 0 Å². The molecule has 2 aromatic heterocycles. The molecule has 0 radical (unpaired) electrons. The minimum absolute atomic E-state index is 1.16. The summed E-state index contributed by atoms with van der Waals surface area (Å²) in [6.45, 7) is 0. The summed E-state index contributed by atoms with van der Waals surface area (Å²) in [4.78, 5) is 8.51. The Morgan fingerprint density at radius 1 is 0.650 bits per heavy atom. The van der Waals surface area contributed by atoms with Gasteiger partial charge in [-0.3, -0.25) is 9.97 Å². The second kappa shape index (κ2) is 4.42. The molecule has 0 saturated heterocycles. The first-order valence-corrected chi connectivity index (χ1v) is 6.59. The van der Waals surface area contributed by atoms with Crippen LogP contribution in [0.25, 0.3) is 32.7 Å². The van der Waals surface area contributed by atoms with Gasteiger partial charge in [-0.1, -0.05) is 36.4 Å². The minimum Gasteiger partial charge on any atom is -0.264 e. The monoisotopic (exact) mass is 256 g/mol. The smallest absolute Gasteiger partial charge is 0.0352 e. The van der Waals surface area contributed by atoms with E-state index in [0.717, 1.165) is 5.39 Å². The Kier molecular flexibility index (Phi) is 2.46. The summed E-state index contributed by atoms with van der Waals surface area (Å²) < 4.78 is 0. The van der Waals surface area contributed by atoms with E-state index in [1.165, 1.54) is 27.3 Å². The summed E-state index contributed by atoms with van der Waals surface area (Å²) in [7, 11) is 0. The molecule has 0 spiro atoms. The number of hydrogen-bond acceptors (Lipinski definition) is 2. The van der Waals surface area contributed by atoms with Crippen LogP contribution in [-0.4, -0.2) is 9.97 Å². The largest absolute Gasteiger partial charge is 0.264 e. The van der Waals surface area contributed by atoms with Crippen LogP contribution in [0.4, 0.5) is 0 Å². The molecule has 20 heavy (non-hydrogen) atoms. The number of rotatable bonds is 1. The van der Waals surface area contributed by atoms with Crippen LogP contribution in [0.5, 0.6) is 0 Å². The molecule has 94 valence electrons. The van der Waals surface area contributed by atoms with Crippen molar-refractivity contribution in [3.8, 4) is 11.1 Å². The number of pyridine rings is 2. The van der Waals surface area contributed by atoms with Crippen LogP contribution < -0.4 is 0 Å². The van der Waals surface area contributed by atoms with Gasteiger partial charge in [-0.25, -0.2) is 0 Å². The Labute approximate surface area is 116 Å². The molecule has 0 saturated carbocycles. The highest BCUT2D eigenvalue weighted by atomic mass is 14.6. The molecule has 4 aromatic rings. The fourth-order valence-electron chi connectivity index (χ4n) is 2.60. The maximum atomic E-state index is 4.36. The first-order chi connectivity index (χ1) is 9.92. The molecule has 0 atom stereocenters. The summed E-state index contributed by atoms with van der Waals surface area (Å²) in [6, 6.07) is 16.8. The second-order valence-electron chi connectivity index (χ2n) is 4.85. The summed E-state index contributed by atoms with van der Waals surface area (Å²) in [6.07, 6.45) is 7.56. The normalized spacial score (nSPS) is 11.0. The van der Waals surface area contributed by atoms with Crippen molar-refractivity contribution in [2.75, 3.05) is 0 Å². The van der Waals surface area contributed by atoms with Crippen molar-refractivity contribution in [3.63, 3.8) is 0 Å². The molecular weight excluding hydrogens is 244 g/mol. The number of benzene rings is 2. The molecule has 0 amide bonds. The lowest BCUT2D eigenvalue weighted by Crippen LogP contribution is -1.84. The molecule has 0 unspecified atom stereocenters. The van der Waals surface area contributed by atoms with Crippen molar-refractivity contribution in [2.24, 2.45) is 0 Å². The fraction of sp³-hybridized carbons (Fsp3) is 0. The van der Waals surface area contributed by atoms with Gasteiger partial charge >= 0.3 is 0 Å². The number of aromatic nitrogens is 2. The molecular formula is C18H12N2. The van der Waals surface area contributed by atoms with Crippen LogP contribution in [-0.2, 0) is 0 Å². The van der Waals surface area contributed by atoms with E-state index in [2.05, 4.69) is 46.4 Å². The highest BCUT2D eigenvalue weighted by molar-refractivity contribution is 5.98. The van der Waals surface area contributed by atoms with Crippen LogP contribution in [0.3, 0.4) is 0 Å². The van der Waals surface area contributed by atoms with Crippen LogP contribution in [0.2, 0.25) is 0 Å². The lowest BCUT2D eigenvalue weighted by molar-refractivity contribution is 1.36. The molecule has 0 aliphatic rings. The lowest BCUT2D eigenvalue weighted by atomic mass is 9.99. The van der Waals surface area contributed by atoms with Crippen LogP contribution in [0.15, 0.2) is 73.3 Å². The van der Waals surface area contributed by atoms with E-state index in [1.54, 1.807) is 0 Å². The summed E-state index contributed by atoms with van der Waals surface area (Å²) in [5.41, 5.74) is 2.36. The third-order valence-electron chi connectivity index (χ3n) is 3.62. The minimum atomic E-state index is 1.16. The molecule has 4 rings (SSSR count). The van der Waals surface area contributed by atoms with E-state index >= 15 is 0 Å². The van der Waals surface area contributed by atoms with Crippen molar-refractivity contribution in [2.45, 2.75) is 0 Å². The Hall–Kier alpha value is -2.74. The summed E-state index contributed by atoms with van der Waals surface area (Å²) in [5, 5.41) is 4.76. The highest BCUT2D eigenvalue weighted by Crippen LogP contribution is 2.29. The average Bonchev–Trinajstić information content (AvgIpc) is 2.54. The lowest BCUT2D eigenvalue weighted by Gasteiger charge is -2.07. The zero-order chi connectivity index (χ0) is 13.4. The molecule has 0 fully saturated rings. The van der Waals surface area contributed by atoms with Gasteiger partial charge in [0.05, 0.1) is 0 Å². The third-order valence-corrected chi connectivity index (χ3v) is 3.62. The van der Waals surface area contributed by atoms with Gasteiger partial charge < -0.3 is 0 Å². The molecule has 0 N–H and O–H groups in total. The Bertz CT molecular complexity index is 908. The van der Waals surface area contributed by atoms with Crippen molar-refractivity contribution >= 4 is 21.5 Å². The van der Waals surface area contributed by atoms with E-state index in [9.17, 15) is 0 Å². The topological polar surface area (TPSA) is 25.8 Å². The standard InChI is InChI=1S/C18H12N2/c1-2-4-17-16(3-1)11-20-12-18(17)14-5-6-15-10-19-8-7-13(15)9-14/h1-12H. The molecule has 0 aliphatic heterocycles. The van der Waals surface area contributed by atoms with E-state index in [-0.39, 0.29) is 0 Å². The van der Waals surface area contributed by atoms with Crippen LogP contribution in [0, 0.1) is 0 Å². The van der Waals surface area contributed by atoms with Gasteiger partial charge in [-0.15, -0.1) is 0 Å². The molecule has 0 bridgehead atoms. The molecule has 2 nitrogen and oxygen atoms in total. The highest BCUT2D eigenvalue weighted by Gasteiger charge is 2.04. The van der Waals surface area contributed by atoms with E-state index < -0.39 is 0 Å². The van der Waals surface area contributed by atoms with E-state index in [0.29, 0.717) is 0 Å². The number of fused-ring (bicyclic) bond motifs is 2. The van der Waals surface area contributed by atoms with Crippen molar-refractivity contribution in [1.29, 1.82) is 0 Å². The first kappa shape index (κ1) is 11.1. The van der Waals surface area contributed by atoms with Gasteiger partial charge in [0, 0.05) is 41.1 Å². The van der Waals surface area contributed by atoms with Crippen LogP contribution in [0.1, 0.15) is 0 Å². The Balaban J connectivity index is 2.01. The van der Waals surface area contributed by atoms with E-state index in [1.807, 2.05) is 36.9 Å². The second-order valence-corrected chi connectivity index (χ2v) is 4.85. The molecule has 0 aliphatic carbocycles. The predicted molar refractivity (Wildman–Crippen MR) is 82.5 cm³/mol. The number of hydrogen-bond donors (Lipinski definition) is 0. The van der Waals surface area contributed by atoms with Gasteiger partial charge in [0.25, 0.3) is 0 Å². The maximum absolute atomic E-state index is 4.36. The molecule has 2 heterocycles. The zero-order valence-electron chi connectivity index (χ0n) is 10.8. The Morgan fingerprint density at radius 3 is 2.55 bits per heavy atom. The van der Waals surface area contributed by atoms with Crippen molar-refractivity contribution in [1.82, 2.24) is 9.97 Å². The van der Waals surface area contributed by atoms with Gasteiger partial charge in [-0.2, -0.15) is 0 Å². The fourth-order valence-corrected chi connectivity index (χ4v) is 2.60. The molecule has 2 heteroatoms. The Morgan fingerprint density at radius 2 is 1.55 bits per heavy atom. The van der Waals surface area contributed by atoms with Crippen molar-refractivity contribution in [3.05, 3.63) is 73.3 Å². The SMILES string of the molecule is c1ccc2c(-c3ccc4cnccc4c3)cncc2c1. The van der Waals surface area contributed by atoms with E-state index in [4.69, 9.17) is 0 Å². The van der Waals surface area contributed by atoms with Crippen molar-refractivity contribution < 1.29 is 0 Å². The van der Waals surface area contributed by atoms with Gasteiger partial charge in [0.1, 0.15) is 0 Å². The quantitative estimate of drug-likeness (QED) is 0.503. The maximum Gasteiger partial charge on any atom is 0.0352 e. The summed E-state index contributed by atoms with van der Waals surface area (Å²) >= 11 is 0. The predicted octanol–water partition coefficient (Wildman–Crippen LogP) is 4.45. The van der Waals surface area contributed by atoms with Gasteiger partial charge in [0.15, 0.2) is 0 Å². The van der Waals surface area contributed by atoms with Crippen LogP contribution >= 0.6 is 0 Å². The zero-order valence-corrected chi connectivity index (χ0v) is 10.8. The van der Waals surface area contributed by atoms with Gasteiger partial charge in [-0.05, 0) is 28.5 Å². The average molecular weight is 256 g/mol. The molecule has 2 aromatic carbocycles. The third kappa shape index (κ3) is 1.74. The first-order valence-electron chi connectivity index (χ1n) is 6.59. The number of nitrogens with zero attached hydrogens (tertiary/aromatic N) is 2. The summed E-state index contributed by atoms with van der Waals surface area (Å²) in [5.74, 6) is 0.